The third kappa shape index (κ3) is 8.09. The van der Waals surface area contributed by atoms with Crippen LogP contribution in [0.3, 0.4) is 0 Å². The average molecular weight is 548 g/mol. The Morgan fingerprint density at radius 3 is 2.24 bits per heavy atom. The number of benzene rings is 1. The van der Waals surface area contributed by atoms with E-state index in [2.05, 4.69) is 10.2 Å². The van der Waals surface area contributed by atoms with Crippen LogP contribution in [0.15, 0.2) is 30.3 Å². The molecule has 1 aliphatic rings. The van der Waals surface area contributed by atoms with Crippen LogP contribution in [0.2, 0.25) is 0 Å². The number of thioether (sulfide) groups is 1. The second kappa shape index (κ2) is 12.2. The zero-order valence-electron chi connectivity index (χ0n) is 21.7. The summed E-state index contributed by atoms with van der Waals surface area (Å²) in [5.41, 5.74) is -1.56. The standard InChI is InChI=1S/C26H33N3O6S2/c1-17(30)14-28-22(33)25(4,15-24(2,3)27-6)16-26(5,37-21(36)18-10-8-7-9-11-18)23(34)35-29-19(31)12-13-20(29)32/h7-11,17,30H,12-16H2,1-5H3,(H,28,33). The minimum Gasteiger partial charge on any atom is -0.392 e. The van der Waals surface area contributed by atoms with Crippen molar-refractivity contribution in [2.45, 2.75) is 76.7 Å². The fourth-order valence-electron chi connectivity index (χ4n) is 4.24. The highest BCUT2D eigenvalue weighted by Crippen LogP contribution is 2.45. The van der Waals surface area contributed by atoms with Gasteiger partial charge in [-0.15, -0.1) is 5.06 Å². The van der Waals surface area contributed by atoms with E-state index in [4.69, 9.17) is 23.6 Å². The van der Waals surface area contributed by atoms with Crippen LogP contribution in [0.4, 0.5) is 0 Å². The number of rotatable bonds is 11. The average Bonchev–Trinajstić information content (AvgIpc) is 3.14. The molecule has 1 aromatic rings. The van der Waals surface area contributed by atoms with Crippen LogP contribution in [-0.2, 0) is 24.0 Å². The zero-order chi connectivity index (χ0) is 28.0. The van der Waals surface area contributed by atoms with E-state index in [-0.39, 0.29) is 32.2 Å². The molecule has 1 saturated heterocycles. The van der Waals surface area contributed by atoms with E-state index in [9.17, 15) is 24.3 Å². The lowest BCUT2D eigenvalue weighted by atomic mass is 9.72. The van der Waals surface area contributed by atoms with Crippen molar-refractivity contribution in [1.29, 1.82) is 0 Å². The SMILES string of the molecule is [C-]#[N+]C(C)(C)CC(C)(CC(C)(SC(=S)c1ccccc1)C(=O)ON1C(=O)CCC1=O)C(=O)NCC(C)O. The Morgan fingerprint density at radius 1 is 1.16 bits per heavy atom. The topological polar surface area (TPSA) is 117 Å². The minimum absolute atomic E-state index is 0.0135. The summed E-state index contributed by atoms with van der Waals surface area (Å²) >= 11 is 6.61. The number of amides is 3. The molecule has 2 rings (SSSR count). The van der Waals surface area contributed by atoms with Crippen molar-refractivity contribution in [2.75, 3.05) is 6.54 Å². The zero-order valence-corrected chi connectivity index (χ0v) is 23.3. The molecule has 0 aliphatic carbocycles. The summed E-state index contributed by atoms with van der Waals surface area (Å²) in [6.07, 6.45) is -0.963. The molecule has 2 N–H and O–H groups in total. The summed E-state index contributed by atoms with van der Waals surface area (Å²) in [7, 11) is 0. The molecule has 1 fully saturated rings. The molecule has 37 heavy (non-hydrogen) atoms. The molecule has 0 aromatic heterocycles. The number of imide groups is 1. The Bertz CT molecular complexity index is 1090. The molecule has 1 aromatic carbocycles. The number of nitrogens with one attached hydrogen (secondary N) is 1. The highest BCUT2D eigenvalue weighted by molar-refractivity contribution is 8.25. The molecular formula is C26H33N3O6S2. The Kier molecular flexibility index (Phi) is 9.99. The van der Waals surface area contributed by atoms with Crippen LogP contribution in [0.1, 0.15) is 65.9 Å². The van der Waals surface area contributed by atoms with Crippen molar-refractivity contribution >= 4 is 51.9 Å². The summed E-state index contributed by atoms with van der Waals surface area (Å²) < 4.78 is -1.17. The normalized spacial score (nSPS) is 17.8. The molecule has 200 valence electrons. The van der Waals surface area contributed by atoms with E-state index < -0.39 is 45.5 Å². The third-order valence-corrected chi connectivity index (χ3v) is 7.57. The van der Waals surface area contributed by atoms with Gasteiger partial charge in [-0.1, -0.05) is 61.2 Å². The number of carbonyl (C=O) groups excluding carboxylic acids is 4. The first kappa shape index (κ1) is 30.4. The van der Waals surface area contributed by atoms with Gasteiger partial charge in [-0.25, -0.2) is 11.4 Å². The first-order valence-corrected chi connectivity index (χ1v) is 13.1. The summed E-state index contributed by atoms with van der Waals surface area (Å²) in [4.78, 5) is 60.2. The van der Waals surface area contributed by atoms with E-state index in [1.54, 1.807) is 52.0 Å². The van der Waals surface area contributed by atoms with Gasteiger partial charge in [0.05, 0.1) is 15.7 Å². The first-order chi connectivity index (χ1) is 17.1. The van der Waals surface area contributed by atoms with Crippen LogP contribution in [0.25, 0.3) is 4.85 Å². The van der Waals surface area contributed by atoms with Crippen LogP contribution >= 0.6 is 24.0 Å². The van der Waals surface area contributed by atoms with Gasteiger partial charge < -0.3 is 20.1 Å². The summed E-state index contributed by atoms with van der Waals surface area (Å²) in [5, 5.41) is 12.9. The minimum atomic E-state index is -1.52. The smallest absolute Gasteiger partial charge is 0.349 e. The Morgan fingerprint density at radius 2 is 1.73 bits per heavy atom. The van der Waals surface area contributed by atoms with Gasteiger partial charge in [-0.05, 0) is 25.8 Å². The molecule has 3 amide bonds. The van der Waals surface area contributed by atoms with Crippen molar-refractivity contribution in [2.24, 2.45) is 5.41 Å². The monoisotopic (exact) mass is 547 g/mol. The van der Waals surface area contributed by atoms with E-state index >= 15 is 0 Å². The number of carbonyl (C=O) groups is 4. The van der Waals surface area contributed by atoms with Gasteiger partial charge in [-0.3, -0.25) is 14.4 Å². The van der Waals surface area contributed by atoms with Crippen LogP contribution < -0.4 is 5.32 Å². The number of hydroxylamine groups is 2. The van der Waals surface area contributed by atoms with E-state index in [0.717, 1.165) is 11.8 Å². The van der Waals surface area contributed by atoms with Gasteiger partial charge in [0.1, 0.15) is 4.75 Å². The molecule has 0 radical (unpaired) electrons. The molecule has 3 unspecified atom stereocenters. The predicted octanol–water partition coefficient (Wildman–Crippen LogP) is 3.44. The van der Waals surface area contributed by atoms with Gasteiger partial charge in [0.15, 0.2) is 0 Å². The molecule has 11 heteroatoms. The number of hydrogen-bond donors (Lipinski definition) is 2. The van der Waals surface area contributed by atoms with Crippen LogP contribution in [-0.4, -0.2) is 61.0 Å². The maximum Gasteiger partial charge on any atom is 0.349 e. The quantitative estimate of drug-likeness (QED) is 0.246. The van der Waals surface area contributed by atoms with E-state index in [1.165, 1.54) is 6.92 Å². The maximum absolute atomic E-state index is 13.6. The lowest BCUT2D eigenvalue weighted by Gasteiger charge is -2.38. The third-order valence-electron chi connectivity index (χ3n) is 5.90. The second-order valence-electron chi connectivity index (χ2n) is 10.3. The van der Waals surface area contributed by atoms with E-state index in [0.29, 0.717) is 14.8 Å². The second-order valence-corrected chi connectivity index (χ2v) is 12.5. The van der Waals surface area contributed by atoms with Crippen molar-refractivity contribution in [3.63, 3.8) is 0 Å². The van der Waals surface area contributed by atoms with Gasteiger partial charge in [-0.2, -0.15) is 0 Å². The summed E-state index contributed by atoms with van der Waals surface area (Å²) in [6, 6.07) is 8.98. The Hall–Kier alpha value is -2.81. The fraction of sp³-hybridized carbons (Fsp3) is 0.538. The number of aliphatic hydroxyl groups excluding tert-OH is 1. The highest BCUT2D eigenvalue weighted by Gasteiger charge is 2.51. The summed E-state index contributed by atoms with van der Waals surface area (Å²) in [5.74, 6) is -2.61. The van der Waals surface area contributed by atoms with Crippen molar-refractivity contribution in [1.82, 2.24) is 10.4 Å². The lowest BCUT2D eigenvalue weighted by molar-refractivity contribution is -0.199. The molecule has 0 bridgehead atoms. The molecule has 3 atom stereocenters. The molecule has 0 saturated carbocycles. The summed E-state index contributed by atoms with van der Waals surface area (Å²) in [6.45, 7) is 15.7. The van der Waals surface area contributed by atoms with E-state index in [1.807, 2.05) is 6.07 Å². The molecular weight excluding hydrogens is 514 g/mol. The lowest BCUT2D eigenvalue weighted by Crippen LogP contribution is -2.51. The fourth-order valence-corrected chi connectivity index (χ4v) is 6.10. The first-order valence-electron chi connectivity index (χ1n) is 11.8. The van der Waals surface area contributed by atoms with Crippen molar-refractivity contribution < 1.29 is 29.1 Å². The number of nitrogens with zero attached hydrogens (tertiary/aromatic N) is 2. The van der Waals surface area contributed by atoms with Gasteiger partial charge in [0, 0.05) is 39.7 Å². The largest absolute Gasteiger partial charge is 0.392 e. The number of aliphatic hydroxyl groups is 1. The van der Waals surface area contributed by atoms with Crippen molar-refractivity contribution in [3.8, 4) is 0 Å². The Balaban J connectivity index is 2.49. The van der Waals surface area contributed by atoms with Crippen LogP contribution in [0, 0.1) is 12.0 Å². The predicted molar refractivity (Wildman–Crippen MR) is 144 cm³/mol. The molecule has 1 aliphatic heterocycles. The van der Waals surface area contributed by atoms with Gasteiger partial charge in [0.25, 0.3) is 11.8 Å². The van der Waals surface area contributed by atoms with Gasteiger partial charge >= 0.3 is 5.97 Å². The Labute approximate surface area is 227 Å². The number of thiocarbonyl (C=S) groups is 1. The van der Waals surface area contributed by atoms with Crippen molar-refractivity contribution in [3.05, 3.63) is 47.3 Å². The molecule has 0 spiro atoms. The molecule has 9 nitrogen and oxygen atoms in total. The van der Waals surface area contributed by atoms with Crippen LogP contribution in [0.5, 0.6) is 0 Å². The maximum atomic E-state index is 13.6. The highest BCUT2D eigenvalue weighted by atomic mass is 32.2. The molecule has 1 heterocycles. The van der Waals surface area contributed by atoms with Gasteiger partial charge in [0.2, 0.25) is 11.4 Å². The number of hydrogen-bond acceptors (Lipinski definition) is 8.